The lowest BCUT2D eigenvalue weighted by Crippen LogP contribution is -2.60. The Balaban J connectivity index is 1.61. The van der Waals surface area contributed by atoms with Gasteiger partial charge in [0.25, 0.3) is 5.91 Å². The summed E-state index contributed by atoms with van der Waals surface area (Å²) in [6.45, 7) is 0.228. The lowest BCUT2D eigenvalue weighted by atomic mass is 9.83. The van der Waals surface area contributed by atoms with Gasteiger partial charge in [-0.15, -0.1) is 0 Å². The highest BCUT2D eigenvalue weighted by molar-refractivity contribution is 7.88. The zero-order valence-corrected chi connectivity index (χ0v) is 18.0. The highest BCUT2D eigenvalue weighted by atomic mass is 32.2. The standard InChI is InChI=1S/C21H30F2N2O4S/c1-30(27,28)24-18-8-5-13-25(21(26)20(22)23)19(18)14-29-17-11-9-16(10-12-17)15-6-3-2-4-7-15/h2-4,6-7,16-20,24H,5,8-14H2,1H3/t16?,17?,18-,19-/m0/s1. The van der Waals surface area contributed by atoms with E-state index in [1.54, 1.807) is 0 Å². The molecule has 2 aliphatic rings. The smallest absolute Gasteiger partial charge is 0.315 e. The van der Waals surface area contributed by atoms with Gasteiger partial charge in [0.2, 0.25) is 10.0 Å². The molecule has 1 heterocycles. The van der Waals surface area contributed by atoms with E-state index in [-0.39, 0.29) is 19.3 Å². The van der Waals surface area contributed by atoms with Crippen molar-refractivity contribution in [3.8, 4) is 0 Å². The van der Waals surface area contributed by atoms with E-state index in [2.05, 4.69) is 16.9 Å². The maximum Gasteiger partial charge on any atom is 0.315 e. The van der Waals surface area contributed by atoms with E-state index in [9.17, 15) is 22.0 Å². The van der Waals surface area contributed by atoms with Crippen LogP contribution in [0.4, 0.5) is 8.78 Å². The molecule has 1 aromatic rings. The van der Waals surface area contributed by atoms with E-state index in [0.29, 0.717) is 18.8 Å². The van der Waals surface area contributed by atoms with Crippen molar-refractivity contribution in [3.05, 3.63) is 35.9 Å². The van der Waals surface area contributed by atoms with Crippen molar-refractivity contribution in [2.75, 3.05) is 19.4 Å². The molecule has 168 valence electrons. The average molecular weight is 445 g/mol. The number of rotatable bonds is 7. The summed E-state index contributed by atoms with van der Waals surface area (Å²) >= 11 is 0. The van der Waals surface area contributed by atoms with Crippen molar-refractivity contribution >= 4 is 15.9 Å². The first-order valence-corrected chi connectivity index (χ1v) is 12.4. The van der Waals surface area contributed by atoms with Crippen LogP contribution in [-0.4, -0.2) is 63.2 Å². The number of nitrogens with zero attached hydrogens (tertiary/aromatic N) is 1. The summed E-state index contributed by atoms with van der Waals surface area (Å²) in [6, 6.07) is 8.95. The molecule has 2 fully saturated rings. The van der Waals surface area contributed by atoms with Gasteiger partial charge in [-0.2, -0.15) is 8.78 Å². The lowest BCUT2D eigenvalue weighted by molar-refractivity contribution is -0.150. The van der Waals surface area contributed by atoms with E-state index in [1.165, 1.54) is 5.56 Å². The van der Waals surface area contributed by atoms with Crippen LogP contribution in [0, 0.1) is 0 Å². The zero-order valence-electron chi connectivity index (χ0n) is 17.2. The minimum absolute atomic E-state index is 0.0192. The van der Waals surface area contributed by atoms with Crippen LogP contribution in [0.15, 0.2) is 30.3 Å². The highest BCUT2D eigenvalue weighted by Crippen LogP contribution is 2.34. The number of hydrogen-bond donors (Lipinski definition) is 1. The van der Waals surface area contributed by atoms with Gasteiger partial charge in [-0.05, 0) is 50.0 Å². The third-order valence-electron chi connectivity index (χ3n) is 6.06. The summed E-state index contributed by atoms with van der Waals surface area (Å²) in [5.41, 5.74) is 1.31. The first kappa shape index (κ1) is 23.1. The first-order valence-electron chi connectivity index (χ1n) is 10.5. The maximum atomic E-state index is 13.1. The Labute approximate surface area is 177 Å². The van der Waals surface area contributed by atoms with Gasteiger partial charge >= 0.3 is 6.43 Å². The Morgan fingerprint density at radius 1 is 1.17 bits per heavy atom. The number of halogens is 2. The molecule has 0 bridgehead atoms. The number of likely N-dealkylation sites (tertiary alicyclic amines) is 1. The minimum Gasteiger partial charge on any atom is -0.376 e. The number of piperidine rings is 1. The second-order valence-electron chi connectivity index (χ2n) is 8.26. The zero-order chi connectivity index (χ0) is 21.7. The molecule has 0 spiro atoms. The number of nitrogens with one attached hydrogen (secondary N) is 1. The number of alkyl halides is 2. The van der Waals surface area contributed by atoms with Crippen LogP contribution in [-0.2, 0) is 19.6 Å². The molecule has 2 atom stereocenters. The van der Waals surface area contributed by atoms with Crippen molar-refractivity contribution in [2.45, 2.75) is 69.1 Å². The van der Waals surface area contributed by atoms with Gasteiger partial charge in [-0.25, -0.2) is 13.1 Å². The van der Waals surface area contributed by atoms with Gasteiger partial charge < -0.3 is 9.64 Å². The maximum absolute atomic E-state index is 13.1. The third-order valence-corrected chi connectivity index (χ3v) is 6.79. The van der Waals surface area contributed by atoms with Crippen LogP contribution < -0.4 is 4.72 Å². The van der Waals surface area contributed by atoms with Crippen LogP contribution in [0.2, 0.25) is 0 Å². The number of carbonyl (C=O) groups is 1. The first-order chi connectivity index (χ1) is 14.2. The predicted molar refractivity (Wildman–Crippen MR) is 110 cm³/mol. The molecule has 3 rings (SSSR count). The molecule has 1 N–H and O–H groups in total. The van der Waals surface area contributed by atoms with E-state index < -0.39 is 34.4 Å². The van der Waals surface area contributed by atoms with Crippen molar-refractivity contribution in [1.29, 1.82) is 0 Å². The minimum atomic E-state index is -3.54. The normalized spacial score (nSPS) is 27.9. The van der Waals surface area contributed by atoms with Gasteiger partial charge in [0.15, 0.2) is 0 Å². The fraction of sp³-hybridized carbons (Fsp3) is 0.667. The number of carbonyl (C=O) groups excluding carboxylic acids is 1. The number of benzene rings is 1. The average Bonchev–Trinajstić information content (AvgIpc) is 2.72. The predicted octanol–water partition coefficient (Wildman–Crippen LogP) is 2.90. The SMILES string of the molecule is CS(=O)(=O)N[C@H]1CCCN(C(=O)C(F)F)[C@H]1COC1CCC(c2ccccc2)CC1. The molecule has 0 unspecified atom stereocenters. The Hall–Kier alpha value is -1.58. The monoisotopic (exact) mass is 444 g/mol. The molecule has 6 nitrogen and oxygen atoms in total. The molecule has 1 saturated carbocycles. The summed E-state index contributed by atoms with van der Waals surface area (Å²) < 4.78 is 58.2. The molecular formula is C21H30F2N2O4S. The largest absolute Gasteiger partial charge is 0.376 e. The van der Waals surface area contributed by atoms with Gasteiger partial charge in [-0.1, -0.05) is 30.3 Å². The number of hydrogen-bond acceptors (Lipinski definition) is 4. The Bertz CT molecular complexity index is 798. The van der Waals surface area contributed by atoms with Gasteiger partial charge in [0, 0.05) is 12.6 Å². The summed E-state index contributed by atoms with van der Waals surface area (Å²) in [4.78, 5) is 13.1. The van der Waals surface area contributed by atoms with E-state index in [4.69, 9.17) is 4.74 Å². The Kier molecular flexibility index (Phi) is 7.81. The van der Waals surface area contributed by atoms with Crippen LogP contribution in [0.1, 0.15) is 50.0 Å². The quantitative estimate of drug-likeness (QED) is 0.702. The van der Waals surface area contributed by atoms with Crippen LogP contribution in [0.5, 0.6) is 0 Å². The number of sulfonamides is 1. The summed E-state index contributed by atoms with van der Waals surface area (Å²) in [7, 11) is -3.54. The number of ether oxygens (including phenoxy) is 1. The molecule has 1 saturated heterocycles. The summed E-state index contributed by atoms with van der Waals surface area (Å²) in [6.07, 6.45) is 2.48. The molecular weight excluding hydrogens is 414 g/mol. The fourth-order valence-corrected chi connectivity index (χ4v) is 5.42. The molecule has 30 heavy (non-hydrogen) atoms. The van der Waals surface area contributed by atoms with Gasteiger partial charge in [-0.3, -0.25) is 4.79 Å². The summed E-state index contributed by atoms with van der Waals surface area (Å²) in [5.74, 6) is -0.784. The number of amides is 1. The van der Waals surface area contributed by atoms with Crippen molar-refractivity contribution in [2.24, 2.45) is 0 Å². The molecule has 1 aromatic carbocycles. The van der Waals surface area contributed by atoms with Gasteiger partial charge in [0.1, 0.15) is 0 Å². The third kappa shape index (κ3) is 6.21. The summed E-state index contributed by atoms with van der Waals surface area (Å²) in [5, 5.41) is 0. The fourth-order valence-electron chi connectivity index (χ4n) is 4.60. The molecule has 1 aliphatic carbocycles. The topological polar surface area (TPSA) is 75.7 Å². The van der Waals surface area contributed by atoms with E-state index >= 15 is 0 Å². The highest BCUT2D eigenvalue weighted by Gasteiger charge is 2.39. The van der Waals surface area contributed by atoms with E-state index in [1.807, 2.05) is 18.2 Å². The molecule has 1 aliphatic heterocycles. The molecule has 1 amide bonds. The lowest BCUT2D eigenvalue weighted by Gasteiger charge is -2.42. The molecule has 0 radical (unpaired) electrons. The second-order valence-corrected chi connectivity index (χ2v) is 10.0. The van der Waals surface area contributed by atoms with Gasteiger partial charge in [0.05, 0.1) is 25.0 Å². The van der Waals surface area contributed by atoms with Crippen LogP contribution >= 0.6 is 0 Å². The van der Waals surface area contributed by atoms with Crippen LogP contribution in [0.3, 0.4) is 0 Å². The second kappa shape index (κ2) is 10.2. The van der Waals surface area contributed by atoms with E-state index in [0.717, 1.165) is 36.8 Å². The van der Waals surface area contributed by atoms with Crippen molar-refractivity contribution in [3.63, 3.8) is 0 Å². The Morgan fingerprint density at radius 2 is 1.83 bits per heavy atom. The molecule has 9 heteroatoms. The van der Waals surface area contributed by atoms with Crippen LogP contribution in [0.25, 0.3) is 0 Å². The Morgan fingerprint density at radius 3 is 2.43 bits per heavy atom. The van der Waals surface area contributed by atoms with Crippen molar-refractivity contribution < 1.29 is 26.7 Å². The van der Waals surface area contributed by atoms with Crippen molar-refractivity contribution in [1.82, 2.24) is 9.62 Å². The molecule has 0 aromatic heterocycles.